The number of carboxylic acid groups (broad SMARTS) is 2. The van der Waals surface area contributed by atoms with Crippen LogP contribution >= 0.6 is 11.8 Å². The molecule has 1 fully saturated rings. The quantitative estimate of drug-likeness (QED) is 0.618. The second-order valence-corrected chi connectivity index (χ2v) is 8.22. The molecule has 2 rings (SSSR count). The van der Waals surface area contributed by atoms with E-state index in [0.29, 0.717) is 11.4 Å². The molecule has 0 bridgehead atoms. The Hall–Kier alpha value is -2.11. The molecule has 1 heterocycles. The molecule has 1 saturated heterocycles. The molecule has 1 aliphatic rings. The van der Waals surface area contributed by atoms with Crippen molar-refractivity contribution in [3.63, 3.8) is 0 Å². The number of aliphatic carboxylic acids is 2. The molecule has 1 atom stereocenters. The van der Waals surface area contributed by atoms with Crippen LogP contribution in [0.3, 0.4) is 0 Å². The van der Waals surface area contributed by atoms with Gasteiger partial charge in [-0.3, -0.25) is 9.59 Å². The normalized spacial score (nSPS) is 18.0. The lowest BCUT2D eigenvalue weighted by Gasteiger charge is -2.20. The van der Waals surface area contributed by atoms with Gasteiger partial charge in [0, 0.05) is 24.4 Å². The van der Waals surface area contributed by atoms with Crippen molar-refractivity contribution in [2.45, 2.75) is 23.1 Å². The van der Waals surface area contributed by atoms with Crippen molar-refractivity contribution >= 4 is 45.3 Å². The van der Waals surface area contributed by atoms with E-state index in [1.807, 2.05) is 0 Å². The van der Waals surface area contributed by atoms with Crippen LogP contribution < -0.4 is 5.32 Å². The fourth-order valence-corrected chi connectivity index (χ4v) is 5.19. The number of benzene rings is 1. The third-order valence-electron chi connectivity index (χ3n) is 3.37. The summed E-state index contributed by atoms with van der Waals surface area (Å²) in [6.07, 6.45) is -0.498. The Bertz CT molecular complexity index is 777. The summed E-state index contributed by atoms with van der Waals surface area (Å²) in [6, 6.07) is 5.27. The third-order valence-corrected chi connectivity index (χ3v) is 6.57. The molecule has 0 saturated carbocycles. The van der Waals surface area contributed by atoms with E-state index in [1.165, 1.54) is 24.3 Å². The highest BCUT2D eigenvalue weighted by Crippen LogP contribution is 2.30. The maximum absolute atomic E-state index is 12.6. The fourth-order valence-electron chi connectivity index (χ4n) is 2.18. The molecule has 25 heavy (non-hydrogen) atoms. The van der Waals surface area contributed by atoms with Gasteiger partial charge in [-0.05, 0) is 24.3 Å². The van der Waals surface area contributed by atoms with Crippen LogP contribution in [0.25, 0.3) is 0 Å². The van der Waals surface area contributed by atoms with Crippen molar-refractivity contribution in [3.8, 4) is 0 Å². The van der Waals surface area contributed by atoms with Gasteiger partial charge in [-0.1, -0.05) is 0 Å². The molecule has 9 nitrogen and oxygen atoms in total. The van der Waals surface area contributed by atoms with Gasteiger partial charge in [0.25, 0.3) is 0 Å². The molecule has 1 aromatic carbocycles. The zero-order chi connectivity index (χ0) is 18.6. The van der Waals surface area contributed by atoms with Gasteiger partial charge < -0.3 is 15.5 Å². The molecule has 1 amide bonds. The largest absolute Gasteiger partial charge is 0.481 e. The van der Waals surface area contributed by atoms with Crippen LogP contribution in [0, 0.1) is 0 Å². The number of anilines is 1. The van der Waals surface area contributed by atoms with Crippen molar-refractivity contribution in [1.29, 1.82) is 0 Å². The summed E-state index contributed by atoms with van der Waals surface area (Å²) in [5.41, 5.74) is 0.319. The molecule has 1 aromatic rings. The van der Waals surface area contributed by atoms with Crippen LogP contribution in [0.2, 0.25) is 0 Å². The van der Waals surface area contributed by atoms with Crippen LogP contribution in [0.15, 0.2) is 29.2 Å². The molecule has 11 heteroatoms. The first-order valence-corrected chi connectivity index (χ1v) is 9.68. The van der Waals surface area contributed by atoms with Crippen LogP contribution in [0.1, 0.15) is 12.8 Å². The standard InChI is InChI=1S/C14H16N2O7S2/c17-11(5-6-12(18)19)15-9-1-3-10(4-2-9)25(22,23)16-7-8-24-13(16)14(20)21/h1-4,13H,5-8H2,(H,15,17)(H,18,19)(H,20,21)/t13-/m1/s1. The number of amides is 1. The summed E-state index contributed by atoms with van der Waals surface area (Å²) in [7, 11) is -3.96. The van der Waals surface area contributed by atoms with Gasteiger partial charge in [0.05, 0.1) is 11.3 Å². The van der Waals surface area contributed by atoms with Crippen molar-refractivity contribution in [3.05, 3.63) is 24.3 Å². The van der Waals surface area contributed by atoms with Crippen LogP contribution in [-0.2, 0) is 24.4 Å². The highest BCUT2D eigenvalue weighted by Gasteiger charge is 2.40. The number of nitrogens with zero attached hydrogens (tertiary/aromatic N) is 1. The summed E-state index contributed by atoms with van der Waals surface area (Å²) in [6.45, 7) is 0.109. The van der Waals surface area contributed by atoms with Crippen molar-refractivity contribution in [2.75, 3.05) is 17.6 Å². The lowest BCUT2D eigenvalue weighted by molar-refractivity contribution is -0.139. The summed E-state index contributed by atoms with van der Waals surface area (Å²) in [4.78, 5) is 33.1. The zero-order valence-corrected chi connectivity index (χ0v) is 14.5. The number of carbonyl (C=O) groups excluding carboxylic acids is 1. The molecule has 0 unspecified atom stereocenters. The molecule has 136 valence electrons. The molecular formula is C14H16N2O7S2. The number of sulfonamides is 1. The van der Waals surface area contributed by atoms with Gasteiger partial charge in [0.1, 0.15) is 0 Å². The van der Waals surface area contributed by atoms with E-state index in [4.69, 9.17) is 10.2 Å². The van der Waals surface area contributed by atoms with Gasteiger partial charge in [0.15, 0.2) is 5.37 Å². The average Bonchev–Trinajstić information content (AvgIpc) is 3.04. The van der Waals surface area contributed by atoms with E-state index in [1.54, 1.807) is 0 Å². The van der Waals surface area contributed by atoms with Crippen LogP contribution in [0.5, 0.6) is 0 Å². The molecule has 0 aromatic heterocycles. The molecular weight excluding hydrogens is 372 g/mol. The highest BCUT2D eigenvalue weighted by atomic mass is 32.2. The number of thioether (sulfide) groups is 1. The Morgan fingerprint density at radius 2 is 1.80 bits per heavy atom. The number of carbonyl (C=O) groups is 3. The first-order valence-electron chi connectivity index (χ1n) is 7.20. The predicted molar refractivity (Wildman–Crippen MR) is 89.7 cm³/mol. The van der Waals surface area contributed by atoms with Gasteiger partial charge in [-0.25, -0.2) is 13.2 Å². The van der Waals surface area contributed by atoms with Gasteiger partial charge >= 0.3 is 11.9 Å². The molecule has 1 aliphatic heterocycles. The smallest absolute Gasteiger partial charge is 0.332 e. The summed E-state index contributed by atoms with van der Waals surface area (Å²) >= 11 is 1.04. The summed E-state index contributed by atoms with van der Waals surface area (Å²) in [5.74, 6) is -2.41. The molecule has 0 radical (unpaired) electrons. The highest BCUT2D eigenvalue weighted by molar-refractivity contribution is 8.02. The summed E-state index contributed by atoms with van der Waals surface area (Å²) in [5, 5.41) is 18.9. The first kappa shape index (κ1) is 19.2. The molecule has 0 aliphatic carbocycles. The van der Waals surface area contributed by atoms with Crippen molar-refractivity contribution < 1.29 is 33.0 Å². The maximum Gasteiger partial charge on any atom is 0.332 e. The number of rotatable bonds is 7. The zero-order valence-electron chi connectivity index (χ0n) is 12.9. The van der Waals surface area contributed by atoms with E-state index < -0.39 is 33.2 Å². The Morgan fingerprint density at radius 1 is 1.16 bits per heavy atom. The Morgan fingerprint density at radius 3 is 2.36 bits per heavy atom. The van der Waals surface area contributed by atoms with Crippen LogP contribution in [-0.4, -0.2) is 58.5 Å². The third kappa shape index (κ3) is 4.71. The Labute approximate surface area is 148 Å². The fraction of sp³-hybridized carbons (Fsp3) is 0.357. The number of hydrogen-bond donors (Lipinski definition) is 3. The van der Waals surface area contributed by atoms with Gasteiger partial charge in [-0.15, -0.1) is 11.8 Å². The maximum atomic E-state index is 12.6. The van der Waals surface area contributed by atoms with Crippen LogP contribution in [0.4, 0.5) is 5.69 Å². The Balaban J connectivity index is 2.09. The summed E-state index contributed by atoms with van der Waals surface area (Å²) < 4.78 is 26.0. The second kappa shape index (κ2) is 7.85. The van der Waals surface area contributed by atoms with Gasteiger partial charge in [-0.2, -0.15) is 4.31 Å². The minimum absolute atomic E-state index is 0.0789. The number of hydrogen-bond acceptors (Lipinski definition) is 6. The van der Waals surface area contributed by atoms with E-state index in [9.17, 15) is 22.8 Å². The topological polar surface area (TPSA) is 141 Å². The van der Waals surface area contributed by atoms with E-state index in [-0.39, 0.29) is 24.3 Å². The number of carboxylic acids is 2. The van der Waals surface area contributed by atoms with Crippen molar-refractivity contribution in [1.82, 2.24) is 4.31 Å². The minimum atomic E-state index is -3.96. The number of nitrogens with one attached hydrogen (secondary N) is 1. The van der Waals surface area contributed by atoms with E-state index in [0.717, 1.165) is 16.1 Å². The van der Waals surface area contributed by atoms with Crippen molar-refractivity contribution in [2.24, 2.45) is 0 Å². The Kier molecular flexibility index (Phi) is 6.03. The van der Waals surface area contributed by atoms with E-state index in [2.05, 4.69) is 5.32 Å². The molecule has 0 spiro atoms. The lowest BCUT2D eigenvalue weighted by atomic mass is 10.2. The average molecular weight is 388 g/mol. The monoisotopic (exact) mass is 388 g/mol. The molecule has 3 N–H and O–H groups in total. The van der Waals surface area contributed by atoms with E-state index >= 15 is 0 Å². The minimum Gasteiger partial charge on any atom is -0.481 e. The first-order chi connectivity index (χ1) is 11.7. The second-order valence-electron chi connectivity index (χ2n) is 5.14. The lowest BCUT2D eigenvalue weighted by Crippen LogP contribution is -2.39. The van der Waals surface area contributed by atoms with Gasteiger partial charge in [0.2, 0.25) is 15.9 Å². The SMILES string of the molecule is O=C(O)CCC(=O)Nc1ccc(S(=O)(=O)N2CCS[C@@H]2C(=O)O)cc1. The predicted octanol–water partition coefficient (Wildman–Crippen LogP) is 0.638.